The van der Waals surface area contributed by atoms with Crippen LogP contribution in [0.1, 0.15) is 5.56 Å². The van der Waals surface area contributed by atoms with E-state index in [4.69, 9.17) is 11.6 Å². The van der Waals surface area contributed by atoms with Crippen LogP contribution in [0.25, 0.3) is 0 Å². The first-order valence-corrected chi connectivity index (χ1v) is 6.91. The zero-order valence-corrected chi connectivity index (χ0v) is 12.7. The molecule has 5 heteroatoms. The Morgan fingerprint density at radius 2 is 2.00 bits per heavy atom. The Balaban J connectivity index is 2.09. The van der Waals surface area contributed by atoms with Crippen LogP contribution >= 0.6 is 43.5 Å². The van der Waals surface area contributed by atoms with Gasteiger partial charge in [-0.15, -0.1) is 0 Å². The Labute approximate surface area is 122 Å². The summed E-state index contributed by atoms with van der Waals surface area (Å²) in [6, 6.07) is 10.0. The molecule has 88 valence electrons. The maximum Gasteiger partial charge on any atom is 0.152 e. The van der Waals surface area contributed by atoms with Crippen molar-refractivity contribution in [1.82, 2.24) is 4.98 Å². The normalized spacial score (nSPS) is 10.3. The molecule has 0 aliphatic rings. The lowest BCUT2D eigenvalue weighted by Crippen LogP contribution is -2.00. The molecule has 0 aliphatic heterocycles. The minimum Gasteiger partial charge on any atom is -0.378 e. The number of halogens is 3. The van der Waals surface area contributed by atoms with Gasteiger partial charge < -0.3 is 5.32 Å². The van der Waals surface area contributed by atoms with Gasteiger partial charge in [0.05, 0.1) is 5.69 Å². The van der Waals surface area contributed by atoms with E-state index in [9.17, 15) is 0 Å². The summed E-state index contributed by atoms with van der Waals surface area (Å²) in [6.07, 6.45) is 1.67. The highest BCUT2D eigenvalue weighted by atomic mass is 79.9. The highest BCUT2D eigenvalue weighted by molar-refractivity contribution is 9.10. The molecule has 0 unspecified atom stereocenters. The van der Waals surface area contributed by atoms with Gasteiger partial charge in [0.25, 0.3) is 0 Å². The number of nitrogens with zero attached hydrogens (tertiary/aromatic N) is 1. The fraction of sp³-hybridized carbons (Fsp3) is 0.0833. The maximum absolute atomic E-state index is 5.99. The number of aromatic nitrogens is 1. The van der Waals surface area contributed by atoms with Crippen molar-refractivity contribution in [3.05, 3.63) is 56.2 Å². The van der Waals surface area contributed by atoms with E-state index < -0.39 is 0 Å². The summed E-state index contributed by atoms with van der Waals surface area (Å²) in [5, 5.41) is 3.73. The maximum atomic E-state index is 5.99. The molecular weight excluding hydrogens is 367 g/mol. The molecule has 0 spiro atoms. The molecule has 0 atom stereocenters. The summed E-state index contributed by atoms with van der Waals surface area (Å²) in [6.45, 7) is 0.706. The lowest BCUT2D eigenvalue weighted by Gasteiger charge is -2.08. The summed E-state index contributed by atoms with van der Waals surface area (Å²) >= 11 is 12.8. The molecule has 0 aliphatic carbocycles. The lowest BCUT2D eigenvalue weighted by atomic mass is 10.2. The SMILES string of the molecule is Clc1ncc(Br)cc1NCc1cccc(Br)c1. The van der Waals surface area contributed by atoms with Crippen LogP contribution in [0.5, 0.6) is 0 Å². The first kappa shape index (κ1) is 12.9. The van der Waals surface area contributed by atoms with E-state index in [1.54, 1.807) is 6.20 Å². The molecule has 2 nitrogen and oxygen atoms in total. The van der Waals surface area contributed by atoms with Crippen molar-refractivity contribution in [2.24, 2.45) is 0 Å². The number of pyridine rings is 1. The van der Waals surface area contributed by atoms with Crippen LogP contribution in [0.3, 0.4) is 0 Å². The molecule has 0 saturated carbocycles. The van der Waals surface area contributed by atoms with Crippen molar-refractivity contribution in [2.75, 3.05) is 5.32 Å². The summed E-state index contributed by atoms with van der Waals surface area (Å²) in [5.41, 5.74) is 2.00. The van der Waals surface area contributed by atoms with E-state index in [0.29, 0.717) is 11.7 Å². The third-order valence-corrected chi connectivity index (χ3v) is 3.41. The van der Waals surface area contributed by atoms with Gasteiger partial charge >= 0.3 is 0 Å². The Hall–Kier alpha value is -0.580. The minimum absolute atomic E-state index is 0.475. The molecular formula is C12H9Br2ClN2. The standard InChI is InChI=1S/C12H9Br2ClN2/c13-9-3-1-2-8(4-9)6-16-11-5-10(14)7-17-12(11)15/h1-5,7,16H,6H2. The molecule has 0 saturated heterocycles. The van der Waals surface area contributed by atoms with Crippen LogP contribution < -0.4 is 5.32 Å². The van der Waals surface area contributed by atoms with Crippen molar-refractivity contribution >= 4 is 49.1 Å². The quantitative estimate of drug-likeness (QED) is 0.773. The Kier molecular flexibility index (Phi) is 4.42. The topological polar surface area (TPSA) is 24.9 Å². The second-order valence-corrected chi connectivity index (χ2v) is 5.66. The van der Waals surface area contributed by atoms with E-state index in [-0.39, 0.29) is 0 Å². The van der Waals surface area contributed by atoms with Crippen molar-refractivity contribution in [1.29, 1.82) is 0 Å². The molecule has 0 bridgehead atoms. The second kappa shape index (κ2) is 5.85. The molecule has 1 aromatic heterocycles. The molecule has 17 heavy (non-hydrogen) atoms. The number of rotatable bonds is 3. The van der Waals surface area contributed by atoms with E-state index in [0.717, 1.165) is 14.6 Å². The van der Waals surface area contributed by atoms with Crippen LogP contribution in [0, 0.1) is 0 Å². The van der Waals surface area contributed by atoms with Crippen LogP contribution in [0.4, 0.5) is 5.69 Å². The first-order chi connectivity index (χ1) is 8.15. The summed E-state index contributed by atoms with van der Waals surface area (Å²) in [7, 11) is 0. The van der Waals surface area contributed by atoms with Gasteiger partial charge in [-0.2, -0.15) is 0 Å². The Morgan fingerprint density at radius 1 is 1.18 bits per heavy atom. The zero-order chi connectivity index (χ0) is 12.3. The van der Waals surface area contributed by atoms with Crippen molar-refractivity contribution in [2.45, 2.75) is 6.54 Å². The lowest BCUT2D eigenvalue weighted by molar-refractivity contribution is 1.13. The van der Waals surface area contributed by atoms with Gasteiger partial charge in [0.15, 0.2) is 5.15 Å². The van der Waals surface area contributed by atoms with Crippen LogP contribution in [-0.4, -0.2) is 4.98 Å². The van der Waals surface area contributed by atoms with Gasteiger partial charge in [-0.3, -0.25) is 0 Å². The number of benzene rings is 1. The molecule has 2 aromatic rings. The van der Waals surface area contributed by atoms with Gasteiger partial charge in [0.1, 0.15) is 0 Å². The van der Waals surface area contributed by atoms with Crippen LogP contribution in [0.2, 0.25) is 5.15 Å². The van der Waals surface area contributed by atoms with Crippen molar-refractivity contribution in [3.8, 4) is 0 Å². The van der Waals surface area contributed by atoms with E-state index in [1.807, 2.05) is 18.2 Å². The van der Waals surface area contributed by atoms with Gasteiger partial charge in [-0.1, -0.05) is 39.7 Å². The molecule has 1 N–H and O–H groups in total. The predicted molar refractivity (Wildman–Crippen MR) is 78.4 cm³/mol. The number of anilines is 1. The van der Waals surface area contributed by atoms with Gasteiger partial charge in [0, 0.05) is 21.7 Å². The number of hydrogen-bond acceptors (Lipinski definition) is 2. The van der Waals surface area contributed by atoms with Gasteiger partial charge in [-0.25, -0.2) is 4.98 Å². The third-order valence-electron chi connectivity index (χ3n) is 2.18. The number of hydrogen-bond donors (Lipinski definition) is 1. The molecule has 2 rings (SSSR count). The van der Waals surface area contributed by atoms with E-state index in [1.165, 1.54) is 5.56 Å². The molecule has 0 amide bonds. The monoisotopic (exact) mass is 374 g/mol. The van der Waals surface area contributed by atoms with E-state index >= 15 is 0 Å². The predicted octanol–water partition coefficient (Wildman–Crippen LogP) is 4.87. The fourth-order valence-corrected chi connectivity index (χ4v) is 2.34. The largest absolute Gasteiger partial charge is 0.378 e. The fourth-order valence-electron chi connectivity index (χ4n) is 1.39. The summed E-state index contributed by atoms with van der Waals surface area (Å²) in [4.78, 5) is 4.06. The van der Waals surface area contributed by atoms with Crippen molar-refractivity contribution < 1.29 is 0 Å². The zero-order valence-electron chi connectivity index (χ0n) is 8.75. The highest BCUT2D eigenvalue weighted by Crippen LogP contribution is 2.23. The van der Waals surface area contributed by atoms with Crippen LogP contribution in [-0.2, 0) is 6.54 Å². The Morgan fingerprint density at radius 3 is 2.76 bits per heavy atom. The summed E-state index contributed by atoms with van der Waals surface area (Å²) in [5.74, 6) is 0. The smallest absolute Gasteiger partial charge is 0.152 e. The van der Waals surface area contributed by atoms with E-state index in [2.05, 4.69) is 54.3 Å². The summed E-state index contributed by atoms with van der Waals surface area (Å²) < 4.78 is 1.97. The third kappa shape index (κ3) is 3.69. The molecule has 1 heterocycles. The van der Waals surface area contributed by atoms with Crippen LogP contribution in [0.15, 0.2) is 45.5 Å². The average molecular weight is 376 g/mol. The first-order valence-electron chi connectivity index (χ1n) is 4.94. The number of nitrogens with one attached hydrogen (secondary N) is 1. The average Bonchev–Trinajstić information content (AvgIpc) is 2.30. The molecule has 1 aromatic carbocycles. The van der Waals surface area contributed by atoms with Gasteiger partial charge in [-0.05, 0) is 39.7 Å². The minimum atomic E-state index is 0.475. The Bertz CT molecular complexity index is 532. The molecule has 0 radical (unpaired) electrons. The highest BCUT2D eigenvalue weighted by Gasteiger charge is 2.02. The van der Waals surface area contributed by atoms with Crippen molar-refractivity contribution in [3.63, 3.8) is 0 Å². The van der Waals surface area contributed by atoms with Gasteiger partial charge in [0.2, 0.25) is 0 Å². The second-order valence-electron chi connectivity index (χ2n) is 3.48. The molecule has 0 fully saturated rings.